The monoisotopic (exact) mass is 535 g/mol. The average molecular weight is 536 g/mol. The zero-order valence-electron chi connectivity index (χ0n) is 20.8. The Morgan fingerprint density at radius 3 is 1.89 bits per heavy atom. The number of alkyl halides is 3. The lowest BCUT2D eigenvalue weighted by Crippen LogP contribution is -2.42. The number of hydrogen-bond acceptors (Lipinski definition) is 7. The van der Waals surface area contributed by atoms with Crippen molar-refractivity contribution in [2.75, 3.05) is 64.6 Å². The van der Waals surface area contributed by atoms with Gasteiger partial charge in [-0.05, 0) is 62.8 Å². The van der Waals surface area contributed by atoms with E-state index in [1.54, 1.807) is 4.90 Å². The van der Waals surface area contributed by atoms with Crippen LogP contribution in [0.25, 0.3) is 0 Å². The second-order valence-corrected chi connectivity index (χ2v) is 11.1. The minimum Gasteiger partial charge on any atom is -0.368 e. The zero-order chi connectivity index (χ0) is 25.6. The van der Waals surface area contributed by atoms with Crippen LogP contribution in [0.15, 0.2) is 24.3 Å². The van der Waals surface area contributed by atoms with Crippen molar-refractivity contribution in [1.82, 2.24) is 9.97 Å². The summed E-state index contributed by atoms with van der Waals surface area (Å²) in [7, 11) is 0. The molecule has 0 aromatic carbocycles. The first-order valence-corrected chi connectivity index (χ1v) is 13.7. The van der Waals surface area contributed by atoms with Crippen molar-refractivity contribution in [3.63, 3.8) is 0 Å². The van der Waals surface area contributed by atoms with Gasteiger partial charge in [-0.25, -0.2) is 9.97 Å². The van der Waals surface area contributed by atoms with Gasteiger partial charge in [-0.15, -0.1) is 0 Å². The average Bonchev–Trinajstić information content (AvgIpc) is 3.33. The highest BCUT2D eigenvalue weighted by atomic mass is 35.5. The molecule has 2 N–H and O–H groups in total. The Morgan fingerprint density at radius 1 is 0.730 bits per heavy atom. The van der Waals surface area contributed by atoms with E-state index in [-0.39, 0.29) is 13.0 Å². The predicted molar refractivity (Wildman–Crippen MR) is 142 cm³/mol. The summed E-state index contributed by atoms with van der Waals surface area (Å²) in [6.07, 6.45) is 1.25. The molecule has 0 radical (unpaired) electrons. The quantitative estimate of drug-likeness (QED) is 0.475. The summed E-state index contributed by atoms with van der Waals surface area (Å²) in [5, 5.41) is 7.49. The van der Waals surface area contributed by atoms with Crippen LogP contribution in [0, 0.1) is 5.92 Å². The summed E-state index contributed by atoms with van der Waals surface area (Å²) in [6.45, 7) is 4.97. The van der Waals surface area contributed by atoms with Gasteiger partial charge in [-0.3, -0.25) is 0 Å². The summed E-state index contributed by atoms with van der Waals surface area (Å²) < 4.78 is 39.0. The van der Waals surface area contributed by atoms with Gasteiger partial charge in [0.1, 0.15) is 11.0 Å². The van der Waals surface area contributed by atoms with Crippen LogP contribution in [0.1, 0.15) is 38.5 Å². The van der Waals surface area contributed by atoms with Crippen LogP contribution in [0.2, 0.25) is 5.15 Å². The number of nitrogens with zero attached hydrogens (tertiary/aromatic N) is 5. The molecule has 4 bridgehead atoms. The summed E-state index contributed by atoms with van der Waals surface area (Å²) in [6, 6.07) is 8.82. The molecule has 1 unspecified atom stereocenters. The third-order valence-electron chi connectivity index (χ3n) is 8.26. The predicted octanol–water partition coefficient (Wildman–Crippen LogP) is 5.38. The summed E-state index contributed by atoms with van der Waals surface area (Å²) in [5.74, 6) is 1.20. The van der Waals surface area contributed by atoms with Gasteiger partial charge in [-0.1, -0.05) is 11.6 Å². The fourth-order valence-corrected chi connectivity index (χ4v) is 6.28. The molecule has 0 aliphatic carbocycles. The lowest BCUT2D eigenvalue weighted by atomic mass is 9.97. The lowest BCUT2D eigenvalue weighted by Gasteiger charge is -2.35. The van der Waals surface area contributed by atoms with Crippen molar-refractivity contribution >= 4 is 40.4 Å². The van der Waals surface area contributed by atoms with Crippen molar-refractivity contribution in [3.05, 3.63) is 29.4 Å². The third-order valence-corrected chi connectivity index (χ3v) is 8.47. The Morgan fingerprint density at radius 2 is 1.30 bits per heavy atom. The van der Waals surface area contributed by atoms with E-state index in [1.807, 2.05) is 18.2 Å². The van der Waals surface area contributed by atoms with E-state index in [1.165, 1.54) is 18.5 Å². The van der Waals surface area contributed by atoms with Gasteiger partial charge in [-0.2, -0.15) is 13.2 Å². The molecule has 2 aromatic rings. The molecule has 200 valence electrons. The maximum atomic E-state index is 13.0. The van der Waals surface area contributed by atoms with Crippen LogP contribution in [0.4, 0.5) is 42.0 Å². The fraction of sp³-hybridized carbons (Fsp3) is 0.615. The molecule has 9 rings (SSSR count). The summed E-state index contributed by atoms with van der Waals surface area (Å²) in [4.78, 5) is 15.5. The van der Waals surface area contributed by atoms with Crippen LogP contribution in [-0.2, 0) is 0 Å². The van der Waals surface area contributed by atoms with Crippen molar-refractivity contribution in [3.8, 4) is 0 Å². The third kappa shape index (κ3) is 5.22. The van der Waals surface area contributed by atoms with E-state index in [2.05, 4.69) is 36.5 Å². The van der Waals surface area contributed by atoms with Crippen LogP contribution in [0.5, 0.6) is 0 Å². The molecule has 7 nitrogen and oxygen atoms in total. The molecule has 2 aromatic heterocycles. The molecule has 1 atom stereocenters. The van der Waals surface area contributed by atoms with Gasteiger partial charge in [0.05, 0.1) is 17.3 Å². The Kier molecular flexibility index (Phi) is 6.63. The SMILES string of the molecule is Clc1ccc2c(n1)NC1CCN2CC1.FC(F)(F)C1CCCN(c2ccc3c(n2)NC2CCN3CC2)C1. The number of hydrogen-bond donors (Lipinski definition) is 2. The summed E-state index contributed by atoms with van der Waals surface area (Å²) >= 11 is 5.88. The second-order valence-electron chi connectivity index (χ2n) is 10.7. The number of halogens is 4. The maximum absolute atomic E-state index is 13.0. The van der Waals surface area contributed by atoms with E-state index in [4.69, 9.17) is 11.6 Å². The molecule has 37 heavy (non-hydrogen) atoms. The number of rotatable bonds is 1. The summed E-state index contributed by atoms with van der Waals surface area (Å²) in [5.41, 5.74) is 2.28. The Balaban J connectivity index is 0.000000153. The van der Waals surface area contributed by atoms with Crippen LogP contribution in [-0.4, -0.2) is 67.5 Å². The minimum atomic E-state index is -4.12. The number of anilines is 5. The number of aromatic nitrogens is 2. The van der Waals surface area contributed by atoms with Crippen molar-refractivity contribution in [2.24, 2.45) is 5.92 Å². The van der Waals surface area contributed by atoms with Gasteiger partial charge in [0, 0.05) is 51.4 Å². The number of pyridine rings is 2. The van der Waals surface area contributed by atoms with Crippen molar-refractivity contribution in [1.29, 1.82) is 0 Å². The molecular formula is C26H33ClF3N7. The van der Waals surface area contributed by atoms with E-state index < -0.39 is 12.1 Å². The molecule has 7 aliphatic heterocycles. The smallest absolute Gasteiger partial charge is 0.368 e. The van der Waals surface area contributed by atoms with Gasteiger partial charge in [0.2, 0.25) is 0 Å². The Hall–Kier alpha value is -2.62. The highest BCUT2D eigenvalue weighted by Crippen LogP contribution is 2.38. The zero-order valence-corrected chi connectivity index (χ0v) is 21.5. The van der Waals surface area contributed by atoms with Crippen molar-refractivity contribution in [2.45, 2.75) is 56.8 Å². The molecule has 0 spiro atoms. The largest absolute Gasteiger partial charge is 0.393 e. The standard InChI is InChI=1S/C16H21F3N4.C10H12ClN3/c17-16(18,19)11-2-1-7-23(10-11)14-4-3-13-15(21-14)20-12-5-8-22(13)9-6-12;11-9-2-1-8-10(13-9)12-7-3-5-14(8)6-4-7/h3-4,11-12H,1-2,5-10H2,(H,20,21);1-2,7H,3-6H2,(H,12,13). The molecule has 0 amide bonds. The van der Waals surface area contributed by atoms with Crippen LogP contribution >= 0.6 is 11.6 Å². The van der Waals surface area contributed by atoms with Gasteiger partial charge in [0.25, 0.3) is 0 Å². The maximum Gasteiger partial charge on any atom is 0.393 e. The van der Waals surface area contributed by atoms with Crippen LogP contribution in [0.3, 0.4) is 0 Å². The normalized spacial score (nSPS) is 23.2. The molecular weight excluding hydrogens is 503 g/mol. The molecule has 3 saturated heterocycles. The molecule has 3 fully saturated rings. The van der Waals surface area contributed by atoms with Crippen LogP contribution < -0.4 is 25.3 Å². The topological polar surface area (TPSA) is 59.6 Å². The number of fused-ring (bicyclic) bond motifs is 4. The first-order chi connectivity index (χ1) is 17.8. The van der Waals surface area contributed by atoms with Crippen molar-refractivity contribution < 1.29 is 13.2 Å². The molecule has 7 aliphatic rings. The minimum absolute atomic E-state index is 0.0163. The number of nitrogens with one attached hydrogen (secondary N) is 2. The fourth-order valence-electron chi connectivity index (χ4n) is 6.14. The Labute approximate surface area is 220 Å². The highest BCUT2D eigenvalue weighted by Gasteiger charge is 2.42. The second kappa shape index (κ2) is 9.93. The molecule has 9 heterocycles. The van der Waals surface area contributed by atoms with E-state index in [9.17, 15) is 13.2 Å². The number of piperidine rings is 3. The molecule has 11 heteroatoms. The van der Waals surface area contributed by atoms with Gasteiger partial charge in [0.15, 0.2) is 11.6 Å². The first-order valence-electron chi connectivity index (χ1n) is 13.4. The molecule has 0 saturated carbocycles. The first kappa shape index (κ1) is 24.7. The van der Waals surface area contributed by atoms with Gasteiger partial charge < -0.3 is 25.3 Å². The Bertz CT molecular complexity index is 1110. The van der Waals surface area contributed by atoms with E-state index in [0.717, 1.165) is 56.3 Å². The highest BCUT2D eigenvalue weighted by molar-refractivity contribution is 6.29. The van der Waals surface area contributed by atoms with Gasteiger partial charge >= 0.3 is 6.18 Å². The lowest BCUT2D eigenvalue weighted by molar-refractivity contribution is -0.176. The van der Waals surface area contributed by atoms with E-state index in [0.29, 0.717) is 36.0 Å². The van der Waals surface area contributed by atoms with E-state index >= 15 is 0 Å².